The van der Waals surface area contributed by atoms with E-state index in [4.69, 9.17) is 4.52 Å². The van der Waals surface area contributed by atoms with Gasteiger partial charge in [-0.05, 0) is 24.6 Å². The Hall–Kier alpha value is -0.720. The quantitative estimate of drug-likeness (QED) is 0.905. The van der Waals surface area contributed by atoms with Gasteiger partial charge in [0.2, 0.25) is 5.82 Å². The second-order valence-corrected chi connectivity index (χ2v) is 5.37. The van der Waals surface area contributed by atoms with Crippen LogP contribution in [0.3, 0.4) is 0 Å². The van der Waals surface area contributed by atoms with E-state index in [1.807, 2.05) is 25.1 Å². The van der Waals surface area contributed by atoms with Gasteiger partial charge in [0.25, 0.3) is 5.89 Å². The van der Waals surface area contributed by atoms with Crippen LogP contribution in [0.1, 0.15) is 25.3 Å². The highest BCUT2D eigenvalue weighted by molar-refractivity contribution is 9.11. The topological polar surface area (TPSA) is 59.2 Å². The van der Waals surface area contributed by atoms with Crippen molar-refractivity contribution in [3.05, 3.63) is 33.0 Å². The first-order valence-electron chi connectivity index (χ1n) is 5.08. The van der Waals surface area contributed by atoms with Crippen molar-refractivity contribution in [2.75, 3.05) is 0 Å². The van der Waals surface area contributed by atoms with Crippen molar-refractivity contribution in [2.45, 2.75) is 19.4 Å². The minimum atomic E-state index is -0.678. The maximum Gasteiger partial charge on any atom is 0.258 e. The van der Waals surface area contributed by atoms with E-state index in [-0.39, 0.29) is 0 Å². The Kier molecular flexibility index (Phi) is 3.96. The summed E-state index contributed by atoms with van der Waals surface area (Å²) in [5, 5.41) is 13.4. The molecule has 0 fully saturated rings. The molecule has 0 aliphatic heterocycles. The van der Waals surface area contributed by atoms with E-state index in [9.17, 15) is 5.11 Å². The Morgan fingerprint density at radius 3 is 2.53 bits per heavy atom. The molecule has 0 saturated carbocycles. The number of aliphatic hydroxyl groups is 1. The summed E-state index contributed by atoms with van der Waals surface area (Å²) in [5.74, 6) is 0.716. The fourth-order valence-electron chi connectivity index (χ4n) is 1.35. The van der Waals surface area contributed by atoms with Gasteiger partial charge in [-0.2, -0.15) is 4.98 Å². The summed E-state index contributed by atoms with van der Waals surface area (Å²) in [6.07, 6.45) is -0.121. The lowest BCUT2D eigenvalue weighted by molar-refractivity contribution is 0.159. The first kappa shape index (κ1) is 12.7. The second kappa shape index (κ2) is 5.29. The van der Waals surface area contributed by atoms with Gasteiger partial charge in [-0.1, -0.05) is 43.9 Å². The predicted octanol–water partition coefficient (Wildman–Crippen LogP) is 3.71. The molecular formula is C11H10Br2N2O2. The summed E-state index contributed by atoms with van der Waals surface area (Å²) in [6.45, 7) is 1.86. The van der Waals surface area contributed by atoms with Crippen molar-refractivity contribution in [1.29, 1.82) is 0 Å². The fourth-order valence-corrected chi connectivity index (χ4v) is 2.64. The van der Waals surface area contributed by atoms with Gasteiger partial charge in [0.1, 0.15) is 6.10 Å². The van der Waals surface area contributed by atoms with Crippen molar-refractivity contribution >= 4 is 31.9 Å². The molecule has 4 nitrogen and oxygen atoms in total. The molecule has 0 amide bonds. The van der Waals surface area contributed by atoms with E-state index < -0.39 is 6.10 Å². The molecule has 90 valence electrons. The highest BCUT2D eigenvalue weighted by Crippen LogP contribution is 2.27. The predicted molar refractivity (Wildman–Crippen MR) is 70.4 cm³/mol. The van der Waals surface area contributed by atoms with Crippen LogP contribution in [0, 0.1) is 0 Å². The number of halogens is 2. The fraction of sp³-hybridized carbons (Fsp3) is 0.273. The van der Waals surface area contributed by atoms with E-state index >= 15 is 0 Å². The Morgan fingerprint density at radius 2 is 1.94 bits per heavy atom. The Labute approximate surface area is 115 Å². The first-order valence-corrected chi connectivity index (χ1v) is 6.67. The molecule has 1 atom stereocenters. The standard InChI is InChI=1S/C11H10Br2N2O2/c1-2-9(16)10-14-11(17-15-10)6-3-7(12)5-8(13)4-6/h3-5,9,16H,2H2,1H3. The first-order chi connectivity index (χ1) is 8.10. The zero-order chi connectivity index (χ0) is 12.4. The minimum Gasteiger partial charge on any atom is -0.385 e. The maximum atomic E-state index is 9.60. The molecule has 0 radical (unpaired) electrons. The molecule has 6 heteroatoms. The highest BCUT2D eigenvalue weighted by Gasteiger charge is 2.15. The largest absolute Gasteiger partial charge is 0.385 e. The summed E-state index contributed by atoms with van der Waals surface area (Å²) in [4.78, 5) is 4.16. The van der Waals surface area contributed by atoms with Gasteiger partial charge in [-0.3, -0.25) is 0 Å². The molecule has 0 bridgehead atoms. The van der Waals surface area contributed by atoms with Crippen LogP contribution in [0.2, 0.25) is 0 Å². The lowest BCUT2D eigenvalue weighted by Crippen LogP contribution is -1.97. The summed E-state index contributed by atoms with van der Waals surface area (Å²) in [5.41, 5.74) is 0.799. The number of nitrogens with zero attached hydrogens (tertiary/aromatic N) is 2. The monoisotopic (exact) mass is 360 g/mol. The van der Waals surface area contributed by atoms with Crippen LogP contribution in [0.25, 0.3) is 11.5 Å². The van der Waals surface area contributed by atoms with Gasteiger partial charge >= 0.3 is 0 Å². The molecular weight excluding hydrogens is 352 g/mol. The molecule has 2 aromatic rings. The second-order valence-electron chi connectivity index (χ2n) is 3.54. The normalized spacial score (nSPS) is 12.7. The Bertz CT molecular complexity index is 508. The van der Waals surface area contributed by atoms with Gasteiger partial charge in [-0.15, -0.1) is 0 Å². The summed E-state index contributed by atoms with van der Waals surface area (Å²) >= 11 is 6.78. The lowest BCUT2D eigenvalue weighted by Gasteiger charge is -1.99. The number of rotatable bonds is 3. The van der Waals surface area contributed by atoms with Gasteiger partial charge < -0.3 is 9.63 Å². The molecule has 1 heterocycles. The van der Waals surface area contributed by atoms with Crippen LogP contribution in [0.4, 0.5) is 0 Å². The van der Waals surface area contributed by atoms with Crippen LogP contribution in [-0.4, -0.2) is 15.2 Å². The van der Waals surface area contributed by atoms with Gasteiger partial charge in [0.05, 0.1) is 0 Å². The van der Waals surface area contributed by atoms with Crippen LogP contribution in [0.5, 0.6) is 0 Å². The number of benzene rings is 1. The lowest BCUT2D eigenvalue weighted by atomic mass is 10.2. The summed E-state index contributed by atoms with van der Waals surface area (Å²) in [7, 11) is 0. The average molecular weight is 362 g/mol. The minimum absolute atomic E-state index is 0.318. The molecule has 0 aliphatic rings. The third-order valence-electron chi connectivity index (χ3n) is 2.24. The van der Waals surface area contributed by atoms with Crippen molar-refractivity contribution < 1.29 is 9.63 Å². The maximum absolute atomic E-state index is 9.60. The van der Waals surface area contributed by atoms with E-state index in [1.165, 1.54) is 0 Å². The smallest absolute Gasteiger partial charge is 0.258 e. The van der Waals surface area contributed by atoms with E-state index in [2.05, 4.69) is 42.0 Å². The highest BCUT2D eigenvalue weighted by atomic mass is 79.9. The zero-order valence-electron chi connectivity index (χ0n) is 9.02. The van der Waals surface area contributed by atoms with Gasteiger partial charge in [0, 0.05) is 14.5 Å². The molecule has 0 spiro atoms. The molecule has 1 N–H and O–H groups in total. The number of aliphatic hydroxyl groups excluding tert-OH is 1. The Balaban J connectivity index is 2.36. The van der Waals surface area contributed by atoms with Crippen molar-refractivity contribution in [1.82, 2.24) is 10.1 Å². The zero-order valence-corrected chi connectivity index (χ0v) is 12.2. The van der Waals surface area contributed by atoms with Crippen molar-refractivity contribution in [2.24, 2.45) is 0 Å². The van der Waals surface area contributed by atoms with Gasteiger partial charge in [-0.25, -0.2) is 0 Å². The van der Waals surface area contributed by atoms with E-state index in [1.54, 1.807) is 0 Å². The van der Waals surface area contributed by atoms with E-state index in [0.29, 0.717) is 18.1 Å². The Morgan fingerprint density at radius 1 is 1.29 bits per heavy atom. The SMILES string of the molecule is CCC(O)c1noc(-c2cc(Br)cc(Br)c2)n1. The molecule has 1 aromatic carbocycles. The molecule has 1 unspecified atom stereocenters. The average Bonchev–Trinajstić information content (AvgIpc) is 2.76. The summed E-state index contributed by atoms with van der Waals surface area (Å²) < 4.78 is 6.95. The number of hydrogen-bond donors (Lipinski definition) is 1. The molecule has 1 aromatic heterocycles. The van der Waals surface area contributed by atoms with E-state index in [0.717, 1.165) is 14.5 Å². The van der Waals surface area contributed by atoms with Crippen LogP contribution >= 0.6 is 31.9 Å². The number of hydrogen-bond acceptors (Lipinski definition) is 4. The van der Waals surface area contributed by atoms with Crippen LogP contribution in [-0.2, 0) is 0 Å². The van der Waals surface area contributed by atoms with Crippen molar-refractivity contribution in [3.8, 4) is 11.5 Å². The molecule has 0 saturated heterocycles. The third-order valence-corrected chi connectivity index (χ3v) is 3.15. The van der Waals surface area contributed by atoms with Crippen LogP contribution < -0.4 is 0 Å². The third kappa shape index (κ3) is 2.94. The van der Waals surface area contributed by atoms with Crippen molar-refractivity contribution in [3.63, 3.8) is 0 Å². The van der Waals surface area contributed by atoms with Gasteiger partial charge in [0.15, 0.2) is 0 Å². The number of aromatic nitrogens is 2. The molecule has 0 aliphatic carbocycles. The van der Waals surface area contributed by atoms with Crippen LogP contribution in [0.15, 0.2) is 31.7 Å². The molecule has 17 heavy (non-hydrogen) atoms. The molecule has 2 rings (SSSR count). The summed E-state index contributed by atoms with van der Waals surface area (Å²) in [6, 6.07) is 5.67.